The lowest BCUT2D eigenvalue weighted by molar-refractivity contribution is 0.0398. The Labute approximate surface area is 109 Å². The van der Waals surface area contributed by atoms with Crippen molar-refractivity contribution in [3.8, 4) is 0 Å². The Morgan fingerprint density at radius 2 is 2.00 bits per heavy atom. The Morgan fingerprint density at radius 1 is 1.42 bits per heavy atom. The van der Waals surface area contributed by atoms with Gasteiger partial charge in [0.1, 0.15) is 17.3 Å². The van der Waals surface area contributed by atoms with Crippen LogP contribution in [0.5, 0.6) is 0 Å². The molecule has 6 heteroatoms. The van der Waals surface area contributed by atoms with Gasteiger partial charge in [0.25, 0.3) is 0 Å². The van der Waals surface area contributed by atoms with Crippen LogP contribution >= 0.6 is 0 Å². The van der Waals surface area contributed by atoms with Crippen molar-refractivity contribution in [1.82, 2.24) is 5.32 Å². The molecule has 2 amide bonds. The number of nitrogens with one attached hydrogen (secondary N) is 2. The quantitative estimate of drug-likeness (QED) is 0.785. The topological polar surface area (TPSA) is 61.4 Å². The summed E-state index contributed by atoms with van der Waals surface area (Å²) < 4.78 is 26.6. The molecule has 1 aromatic carbocycles. The Hall–Kier alpha value is -1.69. The van der Waals surface area contributed by atoms with E-state index in [1.165, 1.54) is 6.07 Å². The fourth-order valence-corrected chi connectivity index (χ4v) is 1.88. The molecular formula is C13H16F2N2O2. The molecule has 0 bridgehead atoms. The Bertz CT molecular complexity index is 467. The molecule has 1 aliphatic carbocycles. The zero-order valence-corrected chi connectivity index (χ0v) is 10.5. The third kappa shape index (κ3) is 3.41. The van der Waals surface area contributed by atoms with E-state index in [0.717, 1.165) is 25.0 Å². The second-order valence-corrected chi connectivity index (χ2v) is 5.04. The number of carbonyl (C=O) groups excluding carboxylic acids is 1. The van der Waals surface area contributed by atoms with Gasteiger partial charge in [-0.05, 0) is 37.8 Å². The van der Waals surface area contributed by atoms with Gasteiger partial charge in [-0.25, -0.2) is 13.6 Å². The van der Waals surface area contributed by atoms with Gasteiger partial charge in [-0.15, -0.1) is 0 Å². The van der Waals surface area contributed by atoms with Crippen LogP contribution in [0.15, 0.2) is 18.2 Å². The number of hydrogen-bond acceptors (Lipinski definition) is 2. The normalized spacial score (nSPS) is 17.7. The van der Waals surface area contributed by atoms with E-state index in [0.29, 0.717) is 0 Å². The summed E-state index contributed by atoms with van der Waals surface area (Å²) in [6.07, 6.45) is 1.86. The molecule has 0 spiro atoms. The maximum Gasteiger partial charge on any atom is 0.319 e. The highest BCUT2D eigenvalue weighted by molar-refractivity contribution is 5.89. The van der Waals surface area contributed by atoms with Gasteiger partial charge in [-0.3, -0.25) is 0 Å². The monoisotopic (exact) mass is 270 g/mol. The molecule has 0 aromatic heterocycles. The summed E-state index contributed by atoms with van der Waals surface area (Å²) in [6, 6.07) is 2.58. The van der Waals surface area contributed by atoms with Crippen molar-refractivity contribution in [1.29, 1.82) is 0 Å². The van der Waals surface area contributed by atoms with Gasteiger partial charge in [0.2, 0.25) is 0 Å². The van der Waals surface area contributed by atoms with Crippen molar-refractivity contribution in [2.75, 3.05) is 11.9 Å². The number of carbonyl (C=O) groups is 1. The minimum absolute atomic E-state index is 0.0412. The first-order chi connectivity index (χ1) is 8.90. The zero-order chi connectivity index (χ0) is 14.0. The summed E-state index contributed by atoms with van der Waals surface area (Å²) in [4.78, 5) is 11.5. The van der Waals surface area contributed by atoms with Crippen molar-refractivity contribution in [3.05, 3.63) is 29.8 Å². The zero-order valence-electron chi connectivity index (χ0n) is 10.5. The van der Waals surface area contributed by atoms with Crippen LogP contribution in [-0.4, -0.2) is 23.3 Å². The fraction of sp³-hybridized carbons (Fsp3) is 0.462. The lowest BCUT2D eigenvalue weighted by Gasteiger charge is -2.23. The molecule has 1 aliphatic rings. The van der Waals surface area contributed by atoms with Crippen LogP contribution in [0.25, 0.3) is 0 Å². The van der Waals surface area contributed by atoms with Crippen molar-refractivity contribution in [2.45, 2.75) is 25.4 Å². The number of halogens is 2. The van der Waals surface area contributed by atoms with E-state index < -0.39 is 29.0 Å². The van der Waals surface area contributed by atoms with E-state index in [1.807, 2.05) is 0 Å². The third-order valence-electron chi connectivity index (χ3n) is 3.26. The molecule has 19 heavy (non-hydrogen) atoms. The van der Waals surface area contributed by atoms with E-state index >= 15 is 0 Å². The van der Waals surface area contributed by atoms with Crippen molar-refractivity contribution in [2.24, 2.45) is 5.92 Å². The SMILES string of the molecule is CC(O)(CNC(=O)Nc1c(F)cccc1F)C1CC1. The van der Waals surface area contributed by atoms with Gasteiger partial charge in [0.05, 0.1) is 5.60 Å². The van der Waals surface area contributed by atoms with Gasteiger partial charge in [-0.1, -0.05) is 6.07 Å². The Morgan fingerprint density at radius 3 is 2.53 bits per heavy atom. The molecule has 1 aromatic rings. The lowest BCUT2D eigenvalue weighted by atomic mass is 10.0. The minimum atomic E-state index is -0.981. The van der Waals surface area contributed by atoms with Crippen LogP contribution in [0.2, 0.25) is 0 Å². The van der Waals surface area contributed by atoms with Gasteiger partial charge in [0, 0.05) is 6.54 Å². The van der Waals surface area contributed by atoms with E-state index in [9.17, 15) is 18.7 Å². The Kier molecular flexibility index (Phi) is 3.71. The first-order valence-electron chi connectivity index (χ1n) is 6.11. The molecule has 1 unspecified atom stereocenters. The van der Waals surface area contributed by atoms with Gasteiger partial charge >= 0.3 is 6.03 Å². The molecule has 1 fully saturated rings. The number of benzene rings is 1. The average Bonchev–Trinajstić information content (AvgIpc) is 3.16. The molecule has 3 N–H and O–H groups in total. The predicted octanol–water partition coefficient (Wildman–Crippen LogP) is 2.25. The number of rotatable bonds is 4. The van der Waals surface area contributed by atoms with E-state index in [-0.39, 0.29) is 12.5 Å². The standard InChI is InChI=1S/C13H16F2N2O2/c1-13(19,8-5-6-8)7-16-12(18)17-11-9(14)3-2-4-10(11)15/h2-4,8,19H,5-7H2,1H3,(H2,16,17,18). The average molecular weight is 270 g/mol. The smallest absolute Gasteiger partial charge is 0.319 e. The number of para-hydroxylation sites is 1. The molecular weight excluding hydrogens is 254 g/mol. The first kappa shape index (κ1) is 13.7. The lowest BCUT2D eigenvalue weighted by Crippen LogP contribution is -2.43. The van der Waals surface area contributed by atoms with E-state index in [4.69, 9.17) is 0 Å². The summed E-state index contributed by atoms with van der Waals surface area (Å²) in [7, 11) is 0. The summed E-state index contributed by atoms with van der Waals surface area (Å²) in [5, 5.41) is 14.5. The predicted molar refractivity (Wildman–Crippen MR) is 66.7 cm³/mol. The summed E-state index contributed by atoms with van der Waals surface area (Å²) >= 11 is 0. The molecule has 104 valence electrons. The van der Waals surface area contributed by atoms with Gasteiger partial charge in [0.15, 0.2) is 0 Å². The highest BCUT2D eigenvalue weighted by Gasteiger charge is 2.39. The molecule has 0 heterocycles. The second kappa shape index (κ2) is 5.13. The summed E-state index contributed by atoms with van der Waals surface area (Å²) in [6.45, 7) is 1.67. The number of aliphatic hydroxyl groups is 1. The minimum Gasteiger partial charge on any atom is -0.388 e. The molecule has 0 radical (unpaired) electrons. The fourth-order valence-electron chi connectivity index (χ4n) is 1.88. The Balaban J connectivity index is 1.91. The van der Waals surface area contributed by atoms with Gasteiger partial charge in [-0.2, -0.15) is 0 Å². The maximum atomic E-state index is 13.3. The molecule has 1 saturated carbocycles. The van der Waals surface area contributed by atoms with Crippen LogP contribution in [0.3, 0.4) is 0 Å². The van der Waals surface area contributed by atoms with Crippen LogP contribution < -0.4 is 10.6 Å². The third-order valence-corrected chi connectivity index (χ3v) is 3.26. The highest BCUT2D eigenvalue weighted by Crippen LogP contribution is 2.38. The highest BCUT2D eigenvalue weighted by atomic mass is 19.1. The van der Waals surface area contributed by atoms with E-state index in [2.05, 4.69) is 10.6 Å². The van der Waals surface area contributed by atoms with Crippen molar-refractivity contribution < 1.29 is 18.7 Å². The van der Waals surface area contributed by atoms with Gasteiger partial charge < -0.3 is 15.7 Å². The molecule has 4 nitrogen and oxygen atoms in total. The number of amides is 2. The number of urea groups is 1. The molecule has 1 atom stereocenters. The van der Waals surface area contributed by atoms with Crippen LogP contribution in [0, 0.1) is 17.6 Å². The molecule has 2 rings (SSSR count). The number of anilines is 1. The summed E-state index contributed by atoms with van der Waals surface area (Å²) in [5.41, 5.74) is -1.48. The van der Waals surface area contributed by atoms with Crippen molar-refractivity contribution >= 4 is 11.7 Å². The van der Waals surface area contributed by atoms with Crippen LogP contribution in [0.4, 0.5) is 19.3 Å². The maximum absolute atomic E-state index is 13.3. The van der Waals surface area contributed by atoms with Crippen LogP contribution in [-0.2, 0) is 0 Å². The van der Waals surface area contributed by atoms with Crippen molar-refractivity contribution in [3.63, 3.8) is 0 Å². The molecule has 0 saturated heterocycles. The van der Waals surface area contributed by atoms with E-state index in [1.54, 1.807) is 6.92 Å². The summed E-state index contributed by atoms with van der Waals surface area (Å²) in [5.74, 6) is -1.51. The first-order valence-corrected chi connectivity index (χ1v) is 6.11. The largest absolute Gasteiger partial charge is 0.388 e. The molecule has 0 aliphatic heterocycles. The number of hydrogen-bond donors (Lipinski definition) is 3. The van der Waals surface area contributed by atoms with Crippen LogP contribution in [0.1, 0.15) is 19.8 Å². The second-order valence-electron chi connectivity index (χ2n) is 5.04.